The summed E-state index contributed by atoms with van der Waals surface area (Å²) >= 11 is 1.40. The molecule has 1 aromatic heterocycles. The Balaban J connectivity index is 1.45. The van der Waals surface area contributed by atoms with Crippen molar-refractivity contribution in [2.24, 2.45) is 0 Å². The van der Waals surface area contributed by atoms with Crippen LogP contribution >= 0.6 is 11.3 Å². The molecule has 0 radical (unpaired) electrons. The number of thiophene rings is 1. The molecule has 3 heterocycles. The molecule has 150 valence electrons. The maximum Gasteiger partial charge on any atom is 0.261 e. The average molecular weight is 423 g/mol. The fourth-order valence-electron chi connectivity index (χ4n) is 3.43. The monoisotopic (exact) mass is 422 g/mol. The van der Waals surface area contributed by atoms with Crippen LogP contribution in [0.5, 0.6) is 11.5 Å². The van der Waals surface area contributed by atoms with Crippen LogP contribution in [0.25, 0.3) is 10.4 Å². The highest BCUT2D eigenvalue weighted by atomic mass is 32.2. The zero-order valence-electron chi connectivity index (χ0n) is 15.5. The van der Waals surface area contributed by atoms with E-state index in [1.807, 2.05) is 24.3 Å². The number of hydrogen-bond donors (Lipinski definition) is 1. The van der Waals surface area contributed by atoms with Crippen LogP contribution in [-0.4, -0.2) is 57.2 Å². The Morgan fingerprint density at radius 3 is 2.75 bits per heavy atom. The van der Waals surface area contributed by atoms with E-state index in [0.717, 1.165) is 29.0 Å². The molecule has 2 aromatic rings. The predicted octanol–water partition coefficient (Wildman–Crippen LogP) is 2.34. The lowest BCUT2D eigenvalue weighted by atomic mass is 10.1. The summed E-state index contributed by atoms with van der Waals surface area (Å²) in [5.74, 6) is 1.28. The summed E-state index contributed by atoms with van der Waals surface area (Å²) in [6.45, 7) is 1.91. The van der Waals surface area contributed by atoms with Gasteiger partial charge in [-0.3, -0.25) is 4.79 Å². The number of carbonyl (C=O) groups is 1. The van der Waals surface area contributed by atoms with Gasteiger partial charge in [-0.2, -0.15) is 0 Å². The predicted molar refractivity (Wildman–Crippen MR) is 108 cm³/mol. The van der Waals surface area contributed by atoms with Crippen LogP contribution in [0.3, 0.4) is 0 Å². The molecule has 1 N–H and O–H groups in total. The standard InChI is InChI=1S/C19H22N2O5S2/c1-28(23,24)21-8-2-3-14(12-21)20-19(22)18-7-6-17(27-18)13-4-5-15-16(11-13)26-10-9-25-15/h4-7,11,14H,2-3,8-10,12H2,1H3,(H,20,22)/t14-/m1/s1. The van der Waals surface area contributed by atoms with Gasteiger partial charge in [-0.25, -0.2) is 12.7 Å². The van der Waals surface area contributed by atoms with E-state index in [1.54, 1.807) is 6.07 Å². The number of amides is 1. The zero-order valence-corrected chi connectivity index (χ0v) is 17.1. The summed E-state index contributed by atoms with van der Waals surface area (Å²) in [4.78, 5) is 14.2. The second-order valence-corrected chi connectivity index (χ2v) is 10.0. The van der Waals surface area contributed by atoms with Crippen molar-refractivity contribution >= 4 is 27.3 Å². The molecule has 1 saturated heterocycles. The van der Waals surface area contributed by atoms with Crippen LogP contribution < -0.4 is 14.8 Å². The van der Waals surface area contributed by atoms with E-state index in [-0.39, 0.29) is 11.9 Å². The summed E-state index contributed by atoms with van der Waals surface area (Å²) < 4.78 is 36.1. The molecule has 1 fully saturated rings. The molecule has 0 aliphatic carbocycles. The van der Waals surface area contributed by atoms with Crippen molar-refractivity contribution in [2.45, 2.75) is 18.9 Å². The number of hydrogen-bond acceptors (Lipinski definition) is 6. The van der Waals surface area contributed by atoms with Gasteiger partial charge in [-0.1, -0.05) is 0 Å². The quantitative estimate of drug-likeness (QED) is 0.818. The first kappa shape index (κ1) is 19.2. The van der Waals surface area contributed by atoms with Crippen LogP contribution in [0.1, 0.15) is 22.5 Å². The summed E-state index contributed by atoms with van der Waals surface area (Å²) in [6.07, 6.45) is 2.72. The van der Waals surface area contributed by atoms with E-state index in [4.69, 9.17) is 9.47 Å². The number of nitrogens with zero attached hydrogens (tertiary/aromatic N) is 1. The van der Waals surface area contributed by atoms with Gasteiger partial charge in [-0.05, 0) is 48.7 Å². The van der Waals surface area contributed by atoms with Crippen molar-refractivity contribution in [3.63, 3.8) is 0 Å². The molecule has 2 aliphatic rings. The van der Waals surface area contributed by atoms with Gasteiger partial charge in [0.2, 0.25) is 10.0 Å². The lowest BCUT2D eigenvalue weighted by Gasteiger charge is -2.31. The Labute approximate surface area is 168 Å². The smallest absolute Gasteiger partial charge is 0.261 e. The molecule has 1 amide bonds. The van der Waals surface area contributed by atoms with Gasteiger partial charge in [0.05, 0.1) is 11.1 Å². The fraction of sp³-hybridized carbons (Fsp3) is 0.421. The molecule has 0 bridgehead atoms. The topological polar surface area (TPSA) is 84.9 Å². The van der Waals surface area contributed by atoms with E-state index >= 15 is 0 Å². The fourth-order valence-corrected chi connectivity index (χ4v) is 5.25. The Morgan fingerprint density at radius 2 is 1.96 bits per heavy atom. The van der Waals surface area contributed by atoms with E-state index in [1.165, 1.54) is 21.9 Å². The zero-order chi connectivity index (χ0) is 19.7. The van der Waals surface area contributed by atoms with Gasteiger partial charge in [-0.15, -0.1) is 11.3 Å². The largest absolute Gasteiger partial charge is 0.486 e. The van der Waals surface area contributed by atoms with Crippen LogP contribution in [0, 0.1) is 0 Å². The van der Waals surface area contributed by atoms with Crippen molar-refractivity contribution < 1.29 is 22.7 Å². The molecule has 1 aromatic carbocycles. The molecule has 4 rings (SSSR count). The first-order valence-corrected chi connectivity index (χ1v) is 11.8. The van der Waals surface area contributed by atoms with Crippen LogP contribution in [0.15, 0.2) is 30.3 Å². The first-order valence-electron chi connectivity index (χ1n) is 9.16. The third kappa shape index (κ3) is 4.16. The highest BCUT2D eigenvalue weighted by Crippen LogP contribution is 2.36. The van der Waals surface area contributed by atoms with Crippen molar-refractivity contribution in [1.82, 2.24) is 9.62 Å². The lowest BCUT2D eigenvalue weighted by Crippen LogP contribution is -2.49. The maximum atomic E-state index is 12.6. The molecule has 1 atom stereocenters. The second kappa shape index (κ2) is 7.73. The van der Waals surface area contributed by atoms with Gasteiger partial charge >= 0.3 is 0 Å². The summed E-state index contributed by atoms with van der Waals surface area (Å²) in [5, 5.41) is 2.97. The number of piperidine rings is 1. The molecule has 7 nitrogen and oxygen atoms in total. The van der Waals surface area contributed by atoms with Crippen molar-refractivity contribution in [3.8, 4) is 21.9 Å². The summed E-state index contributed by atoms with van der Waals surface area (Å²) in [5.41, 5.74) is 0.967. The van der Waals surface area contributed by atoms with Crippen molar-refractivity contribution in [3.05, 3.63) is 35.2 Å². The van der Waals surface area contributed by atoms with Gasteiger partial charge in [0.25, 0.3) is 5.91 Å². The Hall–Kier alpha value is -2.10. The number of rotatable bonds is 4. The van der Waals surface area contributed by atoms with Gasteiger partial charge in [0.15, 0.2) is 11.5 Å². The number of fused-ring (bicyclic) bond motifs is 1. The molecule has 0 unspecified atom stereocenters. The van der Waals surface area contributed by atoms with Gasteiger partial charge in [0.1, 0.15) is 13.2 Å². The normalized spacial score (nSPS) is 20.0. The number of ether oxygens (including phenoxy) is 2. The summed E-state index contributed by atoms with van der Waals surface area (Å²) in [7, 11) is -3.24. The van der Waals surface area contributed by atoms with Crippen molar-refractivity contribution in [1.29, 1.82) is 0 Å². The van der Waals surface area contributed by atoms with E-state index in [0.29, 0.717) is 36.9 Å². The van der Waals surface area contributed by atoms with E-state index < -0.39 is 10.0 Å². The molecular weight excluding hydrogens is 400 g/mol. The highest BCUT2D eigenvalue weighted by Gasteiger charge is 2.27. The number of nitrogens with one attached hydrogen (secondary N) is 1. The van der Waals surface area contributed by atoms with Crippen LogP contribution in [-0.2, 0) is 10.0 Å². The molecule has 0 saturated carbocycles. The third-order valence-corrected chi connectivity index (χ3v) is 7.25. The van der Waals surface area contributed by atoms with Gasteiger partial charge < -0.3 is 14.8 Å². The second-order valence-electron chi connectivity index (χ2n) is 6.96. The van der Waals surface area contributed by atoms with Gasteiger partial charge in [0, 0.05) is 24.0 Å². The average Bonchev–Trinajstić information content (AvgIpc) is 3.17. The molecule has 0 spiro atoms. The highest BCUT2D eigenvalue weighted by molar-refractivity contribution is 7.88. The Morgan fingerprint density at radius 1 is 1.18 bits per heavy atom. The molecular formula is C19H22N2O5S2. The number of sulfonamides is 1. The Kier molecular flexibility index (Phi) is 5.31. The number of carbonyl (C=O) groups excluding carboxylic acids is 1. The van der Waals surface area contributed by atoms with E-state index in [2.05, 4.69) is 5.32 Å². The lowest BCUT2D eigenvalue weighted by molar-refractivity contribution is 0.0925. The summed E-state index contributed by atoms with van der Waals surface area (Å²) in [6, 6.07) is 9.29. The first-order chi connectivity index (χ1) is 13.4. The molecule has 28 heavy (non-hydrogen) atoms. The minimum absolute atomic E-state index is 0.171. The van der Waals surface area contributed by atoms with Crippen molar-refractivity contribution in [2.75, 3.05) is 32.6 Å². The van der Waals surface area contributed by atoms with Crippen LogP contribution in [0.2, 0.25) is 0 Å². The minimum Gasteiger partial charge on any atom is -0.486 e. The number of benzene rings is 1. The minimum atomic E-state index is -3.24. The molecule has 2 aliphatic heterocycles. The SMILES string of the molecule is CS(=O)(=O)N1CCC[C@@H](NC(=O)c2ccc(-c3ccc4c(c3)OCCO4)s2)C1. The van der Waals surface area contributed by atoms with Crippen LogP contribution in [0.4, 0.5) is 0 Å². The third-order valence-electron chi connectivity index (χ3n) is 4.84. The Bertz CT molecular complexity index is 986. The maximum absolute atomic E-state index is 12.6. The molecule has 9 heteroatoms. The van der Waals surface area contributed by atoms with E-state index in [9.17, 15) is 13.2 Å².